The second kappa shape index (κ2) is 14.6. The highest BCUT2D eigenvalue weighted by Gasteiger charge is 2.15. The minimum Gasteiger partial charge on any atom is -0.491 e. The van der Waals surface area contributed by atoms with E-state index in [0.29, 0.717) is 24.7 Å². The molecule has 7 heteroatoms. The van der Waals surface area contributed by atoms with Gasteiger partial charge in [-0.2, -0.15) is 0 Å². The van der Waals surface area contributed by atoms with E-state index in [1.807, 2.05) is 60.7 Å². The Morgan fingerprint density at radius 2 is 1.43 bits per heavy atom. The van der Waals surface area contributed by atoms with Gasteiger partial charge in [-0.25, -0.2) is 0 Å². The van der Waals surface area contributed by atoms with E-state index in [4.69, 9.17) is 18.9 Å². The Hall–Kier alpha value is -2.81. The van der Waals surface area contributed by atoms with Crippen LogP contribution in [0.5, 0.6) is 11.5 Å². The fourth-order valence-electron chi connectivity index (χ4n) is 3.24. The lowest BCUT2D eigenvalue weighted by Gasteiger charge is -2.18. The number of benzene rings is 3. The summed E-state index contributed by atoms with van der Waals surface area (Å²) in [5, 5.41) is 22.1. The molecule has 0 heterocycles. The molecule has 2 unspecified atom stereocenters. The molecule has 0 radical (unpaired) electrons. The summed E-state index contributed by atoms with van der Waals surface area (Å²) in [7, 11) is 0. The van der Waals surface area contributed by atoms with Crippen LogP contribution in [0.15, 0.2) is 95.8 Å². The fraction of sp³-hybridized carbons (Fsp3) is 0.286. The Balaban J connectivity index is 1.77. The van der Waals surface area contributed by atoms with Crippen molar-refractivity contribution in [3.63, 3.8) is 0 Å². The van der Waals surface area contributed by atoms with Crippen molar-refractivity contribution in [3.8, 4) is 11.5 Å². The first-order valence-electron chi connectivity index (χ1n) is 11.4. The Kier molecular flexibility index (Phi) is 11.1. The standard InChI is InChI=1S/C28H32O6S/c1-3-14-31-17-22(29)19-33-24-11-12-26-21(16-24)10-13-27(35-25-8-6-5-7-9-25)28(26)34-20-23(30)18-32-15-4-2/h3-13,16,22-23,29-30H,1-2,14-15,17-20H2. The third kappa shape index (κ3) is 8.72. The first kappa shape index (κ1) is 26.8. The SMILES string of the molecule is C=CCOCC(O)COc1ccc2c(OCC(O)COCC=C)c(Sc3ccccc3)ccc2c1. The minimum atomic E-state index is -0.771. The molecule has 0 aliphatic rings. The molecular weight excluding hydrogens is 464 g/mol. The van der Waals surface area contributed by atoms with Gasteiger partial charge < -0.3 is 29.2 Å². The topological polar surface area (TPSA) is 77.4 Å². The van der Waals surface area contributed by atoms with Gasteiger partial charge in [0.2, 0.25) is 0 Å². The monoisotopic (exact) mass is 496 g/mol. The number of hydrogen-bond donors (Lipinski definition) is 2. The molecule has 0 saturated heterocycles. The molecule has 0 fully saturated rings. The molecule has 0 saturated carbocycles. The van der Waals surface area contributed by atoms with Crippen molar-refractivity contribution in [1.82, 2.24) is 0 Å². The average molecular weight is 497 g/mol. The van der Waals surface area contributed by atoms with E-state index in [9.17, 15) is 10.2 Å². The maximum Gasteiger partial charge on any atom is 0.141 e. The van der Waals surface area contributed by atoms with E-state index in [1.54, 1.807) is 23.9 Å². The summed E-state index contributed by atoms with van der Waals surface area (Å²) in [6, 6.07) is 19.7. The lowest BCUT2D eigenvalue weighted by molar-refractivity contribution is 0.0211. The average Bonchev–Trinajstić information content (AvgIpc) is 2.87. The van der Waals surface area contributed by atoms with Crippen LogP contribution in [-0.2, 0) is 9.47 Å². The van der Waals surface area contributed by atoms with Crippen LogP contribution in [0.2, 0.25) is 0 Å². The molecule has 3 aromatic rings. The normalized spacial score (nSPS) is 12.7. The molecule has 3 rings (SSSR count). The molecule has 0 spiro atoms. The maximum atomic E-state index is 10.3. The lowest BCUT2D eigenvalue weighted by Crippen LogP contribution is -2.23. The van der Waals surface area contributed by atoms with Gasteiger partial charge in [0.25, 0.3) is 0 Å². The summed E-state index contributed by atoms with van der Waals surface area (Å²) in [6.45, 7) is 8.49. The van der Waals surface area contributed by atoms with Crippen LogP contribution in [0.4, 0.5) is 0 Å². The van der Waals surface area contributed by atoms with Crippen LogP contribution in [0.1, 0.15) is 0 Å². The maximum absolute atomic E-state index is 10.3. The Morgan fingerprint density at radius 1 is 0.771 bits per heavy atom. The smallest absolute Gasteiger partial charge is 0.141 e. The third-order valence-corrected chi connectivity index (χ3v) is 5.88. The van der Waals surface area contributed by atoms with Gasteiger partial charge in [0.1, 0.15) is 36.9 Å². The fourth-order valence-corrected chi connectivity index (χ4v) is 4.18. The zero-order chi connectivity index (χ0) is 24.9. The van der Waals surface area contributed by atoms with Crippen molar-refractivity contribution < 1.29 is 29.2 Å². The molecule has 35 heavy (non-hydrogen) atoms. The number of rotatable bonds is 16. The highest BCUT2D eigenvalue weighted by Crippen LogP contribution is 2.40. The summed E-state index contributed by atoms with van der Waals surface area (Å²) < 4.78 is 22.5. The second-order valence-electron chi connectivity index (χ2n) is 7.77. The van der Waals surface area contributed by atoms with Crippen LogP contribution < -0.4 is 9.47 Å². The van der Waals surface area contributed by atoms with Gasteiger partial charge in [-0.15, -0.1) is 13.2 Å². The van der Waals surface area contributed by atoms with Gasteiger partial charge in [-0.05, 0) is 41.8 Å². The molecule has 0 aromatic heterocycles. The molecule has 186 valence electrons. The Labute approximate surface area is 210 Å². The van der Waals surface area contributed by atoms with E-state index >= 15 is 0 Å². The predicted molar refractivity (Wildman–Crippen MR) is 140 cm³/mol. The molecule has 0 bridgehead atoms. The molecule has 3 aromatic carbocycles. The van der Waals surface area contributed by atoms with E-state index in [-0.39, 0.29) is 26.4 Å². The quantitative estimate of drug-likeness (QED) is 0.216. The van der Waals surface area contributed by atoms with Crippen molar-refractivity contribution in [2.45, 2.75) is 22.0 Å². The van der Waals surface area contributed by atoms with Gasteiger partial charge in [-0.3, -0.25) is 0 Å². The Morgan fingerprint density at radius 3 is 2.09 bits per heavy atom. The third-order valence-electron chi connectivity index (χ3n) is 4.83. The molecule has 2 atom stereocenters. The number of aliphatic hydroxyl groups is 2. The molecule has 6 nitrogen and oxygen atoms in total. The van der Waals surface area contributed by atoms with Crippen LogP contribution in [-0.4, -0.2) is 62.1 Å². The van der Waals surface area contributed by atoms with Crippen molar-refractivity contribution in [3.05, 3.63) is 86.0 Å². The molecular formula is C28H32O6S. The highest BCUT2D eigenvalue weighted by atomic mass is 32.2. The van der Waals surface area contributed by atoms with E-state index in [2.05, 4.69) is 13.2 Å². The van der Waals surface area contributed by atoms with Crippen molar-refractivity contribution >= 4 is 22.5 Å². The zero-order valence-electron chi connectivity index (χ0n) is 19.7. The first-order valence-corrected chi connectivity index (χ1v) is 12.2. The second-order valence-corrected chi connectivity index (χ2v) is 8.89. The molecule has 0 aliphatic carbocycles. The predicted octanol–water partition coefficient (Wildman–Crippen LogP) is 4.88. The zero-order valence-corrected chi connectivity index (χ0v) is 20.5. The van der Waals surface area contributed by atoms with Crippen LogP contribution in [0.3, 0.4) is 0 Å². The minimum absolute atomic E-state index is 0.0910. The molecule has 0 amide bonds. The van der Waals surface area contributed by atoms with Crippen molar-refractivity contribution in [1.29, 1.82) is 0 Å². The molecule has 0 aliphatic heterocycles. The van der Waals surface area contributed by atoms with Gasteiger partial charge in [0.05, 0.1) is 31.3 Å². The summed E-state index contributed by atoms with van der Waals surface area (Å²) in [4.78, 5) is 2.02. The lowest BCUT2D eigenvalue weighted by atomic mass is 10.1. The largest absolute Gasteiger partial charge is 0.491 e. The number of hydrogen-bond acceptors (Lipinski definition) is 7. The van der Waals surface area contributed by atoms with E-state index in [0.717, 1.165) is 20.6 Å². The summed E-state index contributed by atoms with van der Waals surface area (Å²) >= 11 is 1.59. The Bertz CT molecular complexity index is 1070. The van der Waals surface area contributed by atoms with Crippen LogP contribution in [0, 0.1) is 0 Å². The van der Waals surface area contributed by atoms with Crippen LogP contribution >= 0.6 is 11.8 Å². The number of ether oxygens (including phenoxy) is 4. The summed E-state index contributed by atoms with van der Waals surface area (Å²) in [5.41, 5.74) is 0. The summed E-state index contributed by atoms with van der Waals surface area (Å²) in [5.74, 6) is 1.32. The van der Waals surface area contributed by atoms with Gasteiger partial charge in [0, 0.05) is 10.3 Å². The van der Waals surface area contributed by atoms with E-state index < -0.39 is 12.2 Å². The highest BCUT2D eigenvalue weighted by molar-refractivity contribution is 7.99. The number of aliphatic hydroxyl groups excluding tert-OH is 2. The van der Waals surface area contributed by atoms with Crippen LogP contribution in [0.25, 0.3) is 10.8 Å². The van der Waals surface area contributed by atoms with Gasteiger partial charge in [0.15, 0.2) is 0 Å². The van der Waals surface area contributed by atoms with Crippen molar-refractivity contribution in [2.75, 3.05) is 39.6 Å². The molecule has 2 N–H and O–H groups in total. The van der Waals surface area contributed by atoms with Crippen molar-refractivity contribution in [2.24, 2.45) is 0 Å². The first-order chi connectivity index (χ1) is 17.1. The van der Waals surface area contributed by atoms with Gasteiger partial charge >= 0.3 is 0 Å². The summed E-state index contributed by atoms with van der Waals surface area (Å²) in [6.07, 6.45) is 1.76. The number of fused-ring (bicyclic) bond motifs is 1. The van der Waals surface area contributed by atoms with E-state index in [1.165, 1.54) is 0 Å². The van der Waals surface area contributed by atoms with Gasteiger partial charge in [-0.1, -0.05) is 48.2 Å².